The lowest BCUT2D eigenvalue weighted by Crippen LogP contribution is -2.26. The molecular formula is C13H17F4NO. The third kappa shape index (κ3) is 5.16. The highest BCUT2D eigenvalue weighted by Gasteiger charge is 2.34. The number of aliphatic hydroxyl groups excluding tert-OH is 1. The predicted molar refractivity (Wildman–Crippen MR) is 64.0 cm³/mol. The lowest BCUT2D eigenvalue weighted by molar-refractivity contribution is -0.140. The van der Waals surface area contributed by atoms with Gasteiger partial charge in [0.05, 0.1) is 11.7 Å². The molecule has 2 nitrogen and oxygen atoms in total. The molecule has 108 valence electrons. The lowest BCUT2D eigenvalue weighted by Gasteiger charge is -2.12. The number of alkyl halides is 3. The third-order valence-corrected chi connectivity index (χ3v) is 2.67. The van der Waals surface area contributed by atoms with Gasteiger partial charge >= 0.3 is 6.18 Å². The topological polar surface area (TPSA) is 32.3 Å². The van der Waals surface area contributed by atoms with Crippen LogP contribution in [0.25, 0.3) is 0 Å². The van der Waals surface area contributed by atoms with Crippen molar-refractivity contribution in [3.8, 4) is 0 Å². The lowest BCUT2D eigenvalue weighted by atomic mass is 10.1. The van der Waals surface area contributed by atoms with E-state index in [4.69, 9.17) is 0 Å². The smallest absolute Gasteiger partial charge is 0.392 e. The first kappa shape index (κ1) is 15.9. The van der Waals surface area contributed by atoms with Crippen LogP contribution in [0.4, 0.5) is 17.6 Å². The highest BCUT2D eigenvalue weighted by Crippen LogP contribution is 2.31. The zero-order valence-corrected chi connectivity index (χ0v) is 10.6. The van der Waals surface area contributed by atoms with Gasteiger partial charge in [0.25, 0.3) is 0 Å². The van der Waals surface area contributed by atoms with Gasteiger partial charge < -0.3 is 10.4 Å². The first-order chi connectivity index (χ1) is 8.84. The van der Waals surface area contributed by atoms with Crippen molar-refractivity contribution in [3.05, 3.63) is 35.1 Å². The molecule has 0 heterocycles. The van der Waals surface area contributed by atoms with Crippen molar-refractivity contribution in [3.63, 3.8) is 0 Å². The Balaban J connectivity index is 2.60. The van der Waals surface area contributed by atoms with Gasteiger partial charge in [-0.3, -0.25) is 0 Å². The van der Waals surface area contributed by atoms with Crippen LogP contribution in [0, 0.1) is 5.82 Å². The van der Waals surface area contributed by atoms with E-state index in [9.17, 15) is 22.7 Å². The van der Waals surface area contributed by atoms with E-state index in [0.717, 1.165) is 18.6 Å². The second kappa shape index (κ2) is 6.86. The van der Waals surface area contributed by atoms with Gasteiger partial charge in [0.15, 0.2) is 0 Å². The van der Waals surface area contributed by atoms with Gasteiger partial charge in [-0.1, -0.05) is 19.4 Å². The molecule has 0 aliphatic carbocycles. The zero-order chi connectivity index (χ0) is 14.5. The first-order valence-electron chi connectivity index (χ1n) is 6.09. The standard InChI is InChI=1S/C13H17F4NO/c1-2-3-10(19)8-18-7-9-4-5-12(14)11(6-9)13(15,16)17/h4-6,10,18-19H,2-3,7-8H2,1H3. The Hall–Kier alpha value is -1.14. The van der Waals surface area contributed by atoms with E-state index in [0.29, 0.717) is 18.5 Å². The molecular weight excluding hydrogens is 262 g/mol. The average Bonchev–Trinajstić information content (AvgIpc) is 2.30. The Morgan fingerprint density at radius 2 is 2.00 bits per heavy atom. The van der Waals surface area contributed by atoms with Crippen LogP contribution >= 0.6 is 0 Å². The predicted octanol–water partition coefficient (Wildman–Crippen LogP) is 3.10. The fourth-order valence-electron chi connectivity index (χ4n) is 1.72. The van der Waals surface area contributed by atoms with Crippen LogP contribution in [0.2, 0.25) is 0 Å². The van der Waals surface area contributed by atoms with Gasteiger partial charge in [-0.15, -0.1) is 0 Å². The molecule has 1 aromatic rings. The first-order valence-corrected chi connectivity index (χ1v) is 6.09. The molecule has 1 aromatic carbocycles. The highest BCUT2D eigenvalue weighted by atomic mass is 19.4. The molecule has 1 unspecified atom stereocenters. The molecule has 0 spiro atoms. The maximum atomic E-state index is 13.0. The minimum Gasteiger partial charge on any atom is -0.392 e. The molecule has 6 heteroatoms. The number of aliphatic hydroxyl groups is 1. The van der Waals surface area contributed by atoms with Gasteiger partial charge in [0.2, 0.25) is 0 Å². The van der Waals surface area contributed by atoms with Gasteiger partial charge in [0, 0.05) is 13.1 Å². The Morgan fingerprint density at radius 3 is 2.58 bits per heavy atom. The Morgan fingerprint density at radius 1 is 1.32 bits per heavy atom. The van der Waals surface area contributed by atoms with E-state index in [2.05, 4.69) is 5.32 Å². The van der Waals surface area contributed by atoms with Crippen molar-refractivity contribution in [2.24, 2.45) is 0 Å². The Kier molecular flexibility index (Phi) is 5.75. The monoisotopic (exact) mass is 279 g/mol. The normalized spacial score (nSPS) is 13.6. The molecule has 0 aliphatic heterocycles. The number of halogens is 4. The van der Waals surface area contributed by atoms with Crippen LogP contribution in [0.1, 0.15) is 30.9 Å². The van der Waals surface area contributed by atoms with Gasteiger partial charge in [0.1, 0.15) is 5.82 Å². The van der Waals surface area contributed by atoms with Crippen molar-refractivity contribution < 1.29 is 22.7 Å². The summed E-state index contributed by atoms with van der Waals surface area (Å²) in [4.78, 5) is 0. The number of nitrogens with one attached hydrogen (secondary N) is 1. The molecule has 0 saturated carbocycles. The van der Waals surface area contributed by atoms with Gasteiger partial charge in [-0.2, -0.15) is 13.2 Å². The molecule has 19 heavy (non-hydrogen) atoms. The molecule has 0 bridgehead atoms. The number of hydrogen-bond acceptors (Lipinski definition) is 2. The molecule has 1 atom stereocenters. The summed E-state index contributed by atoms with van der Waals surface area (Å²) in [7, 11) is 0. The van der Waals surface area contributed by atoms with E-state index in [1.165, 1.54) is 6.07 Å². The molecule has 0 aromatic heterocycles. The molecule has 0 radical (unpaired) electrons. The van der Waals surface area contributed by atoms with Crippen LogP contribution in [-0.2, 0) is 12.7 Å². The molecule has 2 N–H and O–H groups in total. The summed E-state index contributed by atoms with van der Waals surface area (Å²) in [5.41, 5.74) is -0.932. The quantitative estimate of drug-likeness (QED) is 0.784. The van der Waals surface area contributed by atoms with Crippen molar-refractivity contribution in [1.82, 2.24) is 5.32 Å². The number of rotatable bonds is 6. The molecule has 0 aliphatic rings. The van der Waals surface area contributed by atoms with Crippen molar-refractivity contribution in [1.29, 1.82) is 0 Å². The summed E-state index contributed by atoms with van der Waals surface area (Å²) in [5.74, 6) is -1.28. The van der Waals surface area contributed by atoms with Gasteiger partial charge in [-0.05, 0) is 24.1 Å². The maximum absolute atomic E-state index is 13.0. The van der Waals surface area contributed by atoms with E-state index < -0.39 is 23.7 Å². The highest BCUT2D eigenvalue weighted by molar-refractivity contribution is 5.27. The van der Waals surface area contributed by atoms with Gasteiger partial charge in [-0.25, -0.2) is 4.39 Å². The van der Waals surface area contributed by atoms with E-state index in [-0.39, 0.29) is 6.54 Å². The fraction of sp³-hybridized carbons (Fsp3) is 0.538. The second-order valence-electron chi connectivity index (χ2n) is 4.39. The SMILES string of the molecule is CCCC(O)CNCc1ccc(F)c(C(F)(F)F)c1. The Labute approximate surface area is 109 Å². The largest absolute Gasteiger partial charge is 0.419 e. The summed E-state index contributed by atoms with van der Waals surface area (Å²) in [6.07, 6.45) is -3.75. The number of benzene rings is 1. The minimum atomic E-state index is -4.69. The minimum absolute atomic E-state index is 0.157. The van der Waals surface area contributed by atoms with E-state index in [1.54, 1.807) is 0 Å². The fourth-order valence-corrected chi connectivity index (χ4v) is 1.72. The van der Waals surface area contributed by atoms with Crippen LogP contribution in [0.3, 0.4) is 0 Å². The number of hydrogen-bond donors (Lipinski definition) is 2. The maximum Gasteiger partial charge on any atom is 0.419 e. The van der Waals surface area contributed by atoms with Crippen molar-refractivity contribution >= 4 is 0 Å². The van der Waals surface area contributed by atoms with E-state index >= 15 is 0 Å². The van der Waals surface area contributed by atoms with Crippen molar-refractivity contribution in [2.45, 2.75) is 38.6 Å². The summed E-state index contributed by atoms with van der Waals surface area (Å²) in [5, 5.41) is 12.3. The van der Waals surface area contributed by atoms with Crippen LogP contribution in [0.15, 0.2) is 18.2 Å². The van der Waals surface area contributed by atoms with Crippen molar-refractivity contribution in [2.75, 3.05) is 6.54 Å². The summed E-state index contributed by atoms with van der Waals surface area (Å²) in [6.45, 7) is 2.38. The third-order valence-electron chi connectivity index (χ3n) is 2.67. The summed E-state index contributed by atoms with van der Waals surface area (Å²) < 4.78 is 50.5. The second-order valence-corrected chi connectivity index (χ2v) is 4.39. The molecule has 1 rings (SSSR count). The average molecular weight is 279 g/mol. The molecule has 0 saturated heterocycles. The molecule has 0 amide bonds. The Bertz CT molecular complexity index is 406. The van der Waals surface area contributed by atoms with Crippen LogP contribution in [-0.4, -0.2) is 17.8 Å². The van der Waals surface area contributed by atoms with Crippen LogP contribution < -0.4 is 5.32 Å². The van der Waals surface area contributed by atoms with Crippen LogP contribution in [0.5, 0.6) is 0 Å². The summed E-state index contributed by atoms with van der Waals surface area (Å²) >= 11 is 0. The summed E-state index contributed by atoms with van der Waals surface area (Å²) in [6, 6.07) is 2.89. The zero-order valence-electron chi connectivity index (χ0n) is 10.6. The molecule has 0 fully saturated rings. The van der Waals surface area contributed by atoms with E-state index in [1.807, 2.05) is 6.92 Å².